The molecule has 3 aromatic rings. The highest BCUT2D eigenvalue weighted by Gasteiger charge is 2.22. The van der Waals surface area contributed by atoms with Gasteiger partial charge >= 0.3 is 0 Å². The third-order valence-corrected chi connectivity index (χ3v) is 5.68. The van der Waals surface area contributed by atoms with E-state index in [4.69, 9.17) is 15.7 Å². The van der Waals surface area contributed by atoms with Crippen molar-refractivity contribution < 1.29 is 14.3 Å². The van der Waals surface area contributed by atoms with Gasteiger partial charge in [0.2, 0.25) is 17.8 Å². The van der Waals surface area contributed by atoms with Crippen molar-refractivity contribution in [3.63, 3.8) is 0 Å². The van der Waals surface area contributed by atoms with Gasteiger partial charge in [-0.2, -0.15) is 5.26 Å². The molecule has 10 nitrogen and oxygen atoms in total. The molecule has 170 valence electrons. The van der Waals surface area contributed by atoms with Crippen molar-refractivity contribution in [1.82, 2.24) is 19.4 Å². The molecular weight excluding hydrogens is 422 g/mol. The van der Waals surface area contributed by atoms with E-state index in [1.165, 1.54) is 12.4 Å². The number of ether oxygens (including phenoxy) is 1. The second-order valence-corrected chi connectivity index (χ2v) is 7.76. The minimum atomic E-state index is -0.454. The minimum absolute atomic E-state index is 0.0629. The van der Waals surface area contributed by atoms with Gasteiger partial charge in [-0.3, -0.25) is 9.59 Å². The van der Waals surface area contributed by atoms with Crippen LogP contribution in [0.25, 0.3) is 10.9 Å². The average Bonchev–Trinajstić information content (AvgIpc) is 3.26. The molecule has 0 saturated carbocycles. The van der Waals surface area contributed by atoms with E-state index < -0.39 is 5.91 Å². The van der Waals surface area contributed by atoms with Gasteiger partial charge in [-0.1, -0.05) is 6.07 Å². The topological polar surface area (TPSA) is 130 Å². The highest BCUT2D eigenvalue weighted by molar-refractivity contribution is 5.97. The molecule has 2 aromatic heterocycles. The predicted molar refractivity (Wildman–Crippen MR) is 121 cm³/mol. The highest BCUT2D eigenvalue weighted by atomic mass is 16.5. The van der Waals surface area contributed by atoms with Crippen LogP contribution in [0.1, 0.15) is 22.3 Å². The van der Waals surface area contributed by atoms with Crippen molar-refractivity contribution in [3.8, 4) is 6.07 Å². The van der Waals surface area contributed by atoms with E-state index >= 15 is 0 Å². The van der Waals surface area contributed by atoms with Crippen LogP contribution < -0.4 is 10.6 Å². The first-order valence-electron chi connectivity index (χ1n) is 10.8. The molecule has 0 unspecified atom stereocenters. The quantitative estimate of drug-likeness (QED) is 0.513. The summed E-state index contributed by atoms with van der Waals surface area (Å²) >= 11 is 0. The molecule has 4 rings (SSSR count). The number of carbonyl (C=O) groups excluding carboxylic acids is 2. The largest absolute Gasteiger partial charge is 0.379 e. The molecule has 1 aliphatic heterocycles. The Kier molecular flexibility index (Phi) is 6.80. The Morgan fingerprint density at radius 2 is 1.85 bits per heavy atom. The summed E-state index contributed by atoms with van der Waals surface area (Å²) in [6, 6.07) is 9.35. The number of amides is 2. The van der Waals surface area contributed by atoms with Crippen molar-refractivity contribution in [1.29, 1.82) is 5.26 Å². The van der Waals surface area contributed by atoms with Gasteiger partial charge in [0.05, 0.1) is 37.6 Å². The van der Waals surface area contributed by atoms with Crippen molar-refractivity contribution in [2.24, 2.45) is 5.73 Å². The van der Waals surface area contributed by atoms with E-state index in [9.17, 15) is 9.59 Å². The number of primary amides is 1. The maximum Gasteiger partial charge on any atom is 0.248 e. The number of nitrogens with zero attached hydrogens (tertiary/aromatic N) is 6. The van der Waals surface area contributed by atoms with Crippen LogP contribution in [0.4, 0.5) is 5.95 Å². The molecule has 2 amide bonds. The van der Waals surface area contributed by atoms with Crippen molar-refractivity contribution in [3.05, 3.63) is 54.0 Å². The molecular formula is C23H25N7O3. The second-order valence-electron chi connectivity index (χ2n) is 7.76. The van der Waals surface area contributed by atoms with Crippen LogP contribution in [-0.4, -0.2) is 70.6 Å². The monoisotopic (exact) mass is 447 g/mol. The number of nitrogens with two attached hydrogens (primary N) is 1. The van der Waals surface area contributed by atoms with Crippen molar-refractivity contribution in [2.45, 2.75) is 13.0 Å². The maximum atomic E-state index is 12.5. The van der Waals surface area contributed by atoms with Crippen molar-refractivity contribution >= 4 is 28.7 Å². The lowest BCUT2D eigenvalue weighted by Crippen LogP contribution is -2.49. The van der Waals surface area contributed by atoms with Gasteiger partial charge in [0, 0.05) is 50.0 Å². The smallest absolute Gasteiger partial charge is 0.248 e. The number of hydrogen-bond acceptors (Lipinski definition) is 7. The van der Waals surface area contributed by atoms with Gasteiger partial charge in [0.1, 0.15) is 6.07 Å². The standard InChI is InChI=1S/C23H25N7O3/c24-14-17-15-26-23(27-16-17)30-8-6-29(7-9-30)21(31)4-11-33-12-10-28-5-3-18-1-2-19(22(25)32)13-20(18)28/h1-3,5,13,15-16H,4,6-12H2,(H2,25,32). The van der Waals surface area contributed by atoms with Crippen LogP contribution in [0.2, 0.25) is 0 Å². The van der Waals surface area contributed by atoms with Gasteiger partial charge in [-0.15, -0.1) is 0 Å². The minimum Gasteiger partial charge on any atom is -0.379 e. The SMILES string of the molecule is N#Cc1cnc(N2CCN(C(=O)CCOCCn3ccc4ccc(C(N)=O)cc43)CC2)nc1. The van der Waals surface area contributed by atoms with Gasteiger partial charge in [-0.25, -0.2) is 9.97 Å². The summed E-state index contributed by atoms with van der Waals surface area (Å²) in [5.74, 6) is 0.183. The Labute approximate surface area is 191 Å². The van der Waals surface area contributed by atoms with Crippen LogP contribution >= 0.6 is 0 Å². The Morgan fingerprint density at radius 1 is 1.09 bits per heavy atom. The first-order valence-corrected chi connectivity index (χ1v) is 10.8. The van der Waals surface area contributed by atoms with E-state index in [2.05, 4.69) is 9.97 Å². The molecule has 0 bridgehead atoms. The second kappa shape index (κ2) is 10.1. The Bertz CT molecular complexity index is 1170. The zero-order chi connectivity index (χ0) is 23.2. The van der Waals surface area contributed by atoms with Crippen molar-refractivity contribution in [2.75, 3.05) is 44.3 Å². The lowest BCUT2D eigenvalue weighted by Gasteiger charge is -2.34. The third kappa shape index (κ3) is 5.27. The van der Waals surface area contributed by atoms with Crippen LogP contribution in [0.15, 0.2) is 42.9 Å². The summed E-state index contributed by atoms with van der Waals surface area (Å²) in [6.45, 7) is 3.91. The van der Waals surface area contributed by atoms with E-state index in [1.54, 1.807) is 12.1 Å². The number of piperazine rings is 1. The predicted octanol–water partition coefficient (Wildman–Crippen LogP) is 1.16. The molecule has 1 saturated heterocycles. The normalized spacial score (nSPS) is 13.8. The summed E-state index contributed by atoms with van der Waals surface area (Å²) in [7, 11) is 0. The number of nitriles is 1. The molecule has 0 radical (unpaired) electrons. The molecule has 2 N–H and O–H groups in total. The van der Waals surface area contributed by atoms with Crippen LogP contribution in [0, 0.1) is 11.3 Å². The highest BCUT2D eigenvalue weighted by Crippen LogP contribution is 2.18. The maximum absolute atomic E-state index is 12.5. The third-order valence-electron chi connectivity index (χ3n) is 5.68. The number of rotatable bonds is 8. The van der Waals surface area contributed by atoms with Gasteiger partial charge in [-0.05, 0) is 23.6 Å². The molecule has 0 aliphatic carbocycles. The molecule has 10 heteroatoms. The molecule has 33 heavy (non-hydrogen) atoms. The Hall–Kier alpha value is -3.97. The molecule has 0 spiro atoms. The van der Waals surface area contributed by atoms with Gasteiger partial charge in [0.25, 0.3) is 0 Å². The van der Waals surface area contributed by atoms with E-state index in [0.29, 0.717) is 69.4 Å². The summed E-state index contributed by atoms with van der Waals surface area (Å²) in [6.07, 6.45) is 5.28. The van der Waals surface area contributed by atoms with Gasteiger partial charge < -0.3 is 24.8 Å². The average molecular weight is 447 g/mol. The molecule has 1 aromatic carbocycles. The number of fused-ring (bicyclic) bond motifs is 1. The number of anilines is 1. The Balaban J connectivity index is 1.18. The first kappa shape index (κ1) is 22.2. The zero-order valence-electron chi connectivity index (χ0n) is 18.2. The van der Waals surface area contributed by atoms with Crippen LogP contribution in [0.3, 0.4) is 0 Å². The van der Waals surface area contributed by atoms with E-state index in [0.717, 1.165) is 10.9 Å². The van der Waals surface area contributed by atoms with Crippen LogP contribution in [-0.2, 0) is 16.1 Å². The molecule has 1 fully saturated rings. The summed E-state index contributed by atoms with van der Waals surface area (Å²) in [4.78, 5) is 36.2. The molecule has 1 aliphatic rings. The lowest BCUT2D eigenvalue weighted by atomic mass is 10.1. The van der Waals surface area contributed by atoms with Crippen LogP contribution in [0.5, 0.6) is 0 Å². The summed E-state index contributed by atoms with van der Waals surface area (Å²) < 4.78 is 7.70. The molecule has 3 heterocycles. The van der Waals surface area contributed by atoms with E-state index in [1.807, 2.05) is 38.8 Å². The number of aromatic nitrogens is 3. The fourth-order valence-electron chi connectivity index (χ4n) is 3.81. The first-order chi connectivity index (χ1) is 16.0. The fraction of sp³-hybridized carbons (Fsp3) is 0.348. The van der Waals surface area contributed by atoms with E-state index in [-0.39, 0.29) is 5.91 Å². The summed E-state index contributed by atoms with van der Waals surface area (Å²) in [5, 5.41) is 9.87. The Morgan fingerprint density at radius 3 is 2.55 bits per heavy atom. The zero-order valence-corrected chi connectivity index (χ0v) is 18.2. The number of benzene rings is 1. The fourth-order valence-corrected chi connectivity index (χ4v) is 3.81. The number of carbonyl (C=O) groups is 2. The summed E-state index contributed by atoms with van der Waals surface area (Å²) in [5.41, 5.74) is 7.19. The molecule has 0 atom stereocenters. The lowest BCUT2D eigenvalue weighted by molar-refractivity contribution is -0.132. The number of hydrogen-bond donors (Lipinski definition) is 1. The van der Waals surface area contributed by atoms with Gasteiger partial charge in [0.15, 0.2) is 0 Å².